The van der Waals surface area contributed by atoms with E-state index in [2.05, 4.69) is 27.9 Å². The van der Waals surface area contributed by atoms with Gasteiger partial charge in [0.15, 0.2) is 0 Å². The standard InChI is InChI=1S/C12H13ClINO3/c1-7(4-11(16)17)6-15-12(18)8-2-3-10(14)9(13)5-8/h2-3,5,7H,4,6H2,1H3,(H,15,18)(H,16,17). The van der Waals surface area contributed by atoms with Gasteiger partial charge in [-0.2, -0.15) is 0 Å². The Hall–Kier alpha value is -0.820. The molecule has 98 valence electrons. The summed E-state index contributed by atoms with van der Waals surface area (Å²) in [4.78, 5) is 22.3. The minimum Gasteiger partial charge on any atom is -0.481 e. The van der Waals surface area contributed by atoms with E-state index in [9.17, 15) is 9.59 Å². The van der Waals surface area contributed by atoms with E-state index in [1.165, 1.54) is 0 Å². The van der Waals surface area contributed by atoms with E-state index < -0.39 is 5.97 Å². The van der Waals surface area contributed by atoms with Gasteiger partial charge >= 0.3 is 5.97 Å². The number of aliphatic carboxylic acids is 1. The predicted octanol–water partition coefficient (Wildman–Crippen LogP) is 2.79. The summed E-state index contributed by atoms with van der Waals surface area (Å²) in [6, 6.07) is 5.05. The molecule has 1 rings (SSSR count). The largest absolute Gasteiger partial charge is 0.481 e. The lowest BCUT2D eigenvalue weighted by Gasteiger charge is -2.10. The van der Waals surface area contributed by atoms with Crippen LogP contribution in [-0.2, 0) is 4.79 Å². The average molecular weight is 382 g/mol. The number of halogens is 2. The fourth-order valence-corrected chi connectivity index (χ4v) is 1.89. The quantitative estimate of drug-likeness (QED) is 0.771. The van der Waals surface area contributed by atoms with Crippen LogP contribution in [0, 0.1) is 9.49 Å². The summed E-state index contributed by atoms with van der Waals surface area (Å²) in [6.45, 7) is 2.10. The third-order valence-corrected chi connectivity index (χ3v) is 3.89. The van der Waals surface area contributed by atoms with Crippen molar-refractivity contribution >= 4 is 46.1 Å². The molecular weight excluding hydrogens is 368 g/mol. The van der Waals surface area contributed by atoms with Gasteiger partial charge < -0.3 is 10.4 Å². The Morgan fingerprint density at radius 1 is 1.50 bits per heavy atom. The maximum atomic E-state index is 11.8. The molecule has 6 heteroatoms. The first kappa shape index (κ1) is 15.2. The lowest BCUT2D eigenvalue weighted by molar-refractivity contribution is -0.137. The Morgan fingerprint density at radius 2 is 2.17 bits per heavy atom. The summed E-state index contributed by atoms with van der Waals surface area (Å²) in [5, 5.41) is 11.8. The van der Waals surface area contributed by atoms with Crippen LogP contribution in [0.2, 0.25) is 5.02 Å². The highest BCUT2D eigenvalue weighted by molar-refractivity contribution is 14.1. The molecule has 1 amide bonds. The van der Waals surface area contributed by atoms with Crippen molar-refractivity contribution in [3.63, 3.8) is 0 Å². The molecule has 0 radical (unpaired) electrons. The average Bonchev–Trinajstić information content (AvgIpc) is 2.28. The van der Waals surface area contributed by atoms with Crippen LogP contribution in [0.1, 0.15) is 23.7 Å². The monoisotopic (exact) mass is 381 g/mol. The van der Waals surface area contributed by atoms with Crippen molar-refractivity contribution in [2.24, 2.45) is 5.92 Å². The van der Waals surface area contributed by atoms with Gasteiger partial charge in [0, 0.05) is 22.1 Å². The Balaban J connectivity index is 2.55. The molecule has 0 aromatic heterocycles. The number of benzene rings is 1. The molecule has 0 aliphatic heterocycles. The van der Waals surface area contributed by atoms with Gasteiger partial charge in [-0.1, -0.05) is 18.5 Å². The number of carbonyl (C=O) groups is 2. The summed E-state index contributed by atoms with van der Waals surface area (Å²) in [5.74, 6) is -1.22. The van der Waals surface area contributed by atoms with Crippen LogP contribution in [0.15, 0.2) is 18.2 Å². The zero-order valence-electron chi connectivity index (χ0n) is 9.74. The fourth-order valence-electron chi connectivity index (χ4n) is 1.38. The summed E-state index contributed by atoms with van der Waals surface area (Å²) in [6.07, 6.45) is 0.0354. The smallest absolute Gasteiger partial charge is 0.303 e. The number of carbonyl (C=O) groups excluding carboxylic acids is 1. The number of carboxylic acids is 1. The Kier molecular flexibility index (Phi) is 5.87. The van der Waals surface area contributed by atoms with Crippen LogP contribution in [-0.4, -0.2) is 23.5 Å². The van der Waals surface area contributed by atoms with Gasteiger partial charge in [-0.25, -0.2) is 0 Å². The summed E-state index contributed by atoms with van der Waals surface area (Å²) < 4.78 is 0.880. The SMILES string of the molecule is CC(CNC(=O)c1ccc(I)c(Cl)c1)CC(=O)O. The second-order valence-electron chi connectivity index (χ2n) is 4.04. The molecule has 1 aromatic rings. The van der Waals surface area contributed by atoms with E-state index in [0.29, 0.717) is 17.1 Å². The van der Waals surface area contributed by atoms with Gasteiger partial charge in [-0.15, -0.1) is 0 Å². The molecule has 0 heterocycles. The highest BCUT2D eigenvalue weighted by Crippen LogP contribution is 2.19. The van der Waals surface area contributed by atoms with Crippen molar-refractivity contribution in [3.05, 3.63) is 32.4 Å². The Labute approximate surface area is 124 Å². The second kappa shape index (κ2) is 6.94. The van der Waals surface area contributed by atoms with Gasteiger partial charge in [0.05, 0.1) is 5.02 Å². The summed E-state index contributed by atoms with van der Waals surface area (Å²) in [5.41, 5.74) is 0.475. The lowest BCUT2D eigenvalue weighted by atomic mass is 10.1. The molecular formula is C12H13ClINO3. The zero-order chi connectivity index (χ0) is 13.7. The van der Waals surface area contributed by atoms with Gasteiger partial charge in [-0.05, 0) is 46.7 Å². The Bertz CT molecular complexity index is 465. The fraction of sp³-hybridized carbons (Fsp3) is 0.333. The van der Waals surface area contributed by atoms with Gasteiger partial charge in [0.25, 0.3) is 5.91 Å². The molecule has 0 spiro atoms. The van der Waals surface area contributed by atoms with E-state index in [1.807, 2.05) is 0 Å². The van der Waals surface area contributed by atoms with Crippen molar-refractivity contribution in [1.29, 1.82) is 0 Å². The van der Waals surface area contributed by atoms with Crippen LogP contribution in [0.5, 0.6) is 0 Å². The molecule has 0 bridgehead atoms. The highest BCUT2D eigenvalue weighted by atomic mass is 127. The number of nitrogens with one attached hydrogen (secondary N) is 1. The van der Waals surface area contributed by atoms with Crippen LogP contribution < -0.4 is 5.32 Å². The molecule has 4 nitrogen and oxygen atoms in total. The van der Waals surface area contributed by atoms with Crippen LogP contribution in [0.3, 0.4) is 0 Å². The topological polar surface area (TPSA) is 66.4 Å². The first-order valence-corrected chi connectivity index (χ1v) is 6.81. The number of amides is 1. The number of rotatable bonds is 5. The number of hydrogen-bond acceptors (Lipinski definition) is 2. The summed E-state index contributed by atoms with van der Waals surface area (Å²) >= 11 is 8.00. The maximum absolute atomic E-state index is 11.8. The molecule has 0 saturated heterocycles. The lowest BCUT2D eigenvalue weighted by Crippen LogP contribution is -2.29. The third-order valence-electron chi connectivity index (χ3n) is 2.32. The van der Waals surface area contributed by atoms with Crippen LogP contribution >= 0.6 is 34.2 Å². The van der Waals surface area contributed by atoms with E-state index in [0.717, 1.165) is 3.57 Å². The van der Waals surface area contributed by atoms with E-state index >= 15 is 0 Å². The molecule has 0 aliphatic carbocycles. The normalized spacial score (nSPS) is 11.9. The van der Waals surface area contributed by atoms with Crippen molar-refractivity contribution < 1.29 is 14.7 Å². The number of carboxylic acid groups (broad SMARTS) is 1. The minimum absolute atomic E-state index is 0.0354. The van der Waals surface area contributed by atoms with Crippen LogP contribution in [0.4, 0.5) is 0 Å². The van der Waals surface area contributed by atoms with Gasteiger partial charge in [0.2, 0.25) is 0 Å². The highest BCUT2D eigenvalue weighted by Gasteiger charge is 2.11. The van der Waals surface area contributed by atoms with E-state index in [-0.39, 0.29) is 18.2 Å². The van der Waals surface area contributed by atoms with Gasteiger partial charge in [-0.3, -0.25) is 9.59 Å². The molecule has 1 atom stereocenters. The second-order valence-corrected chi connectivity index (χ2v) is 5.61. The molecule has 0 fully saturated rings. The molecule has 0 saturated carbocycles. The van der Waals surface area contributed by atoms with Crippen LogP contribution in [0.25, 0.3) is 0 Å². The molecule has 2 N–H and O–H groups in total. The maximum Gasteiger partial charge on any atom is 0.303 e. The molecule has 1 aromatic carbocycles. The number of hydrogen-bond donors (Lipinski definition) is 2. The van der Waals surface area contributed by atoms with E-state index in [4.69, 9.17) is 16.7 Å². The molecule has 18 heavy (non-hydrogen) atoms. The zero-order valence-corrected chi connectivity index (χ0v) is 12.7. The molecule has 1 unspecified atom stereocenters. The van der Waals surface area contributed by atoms with Gasteiger partial charge in [0.1, 0.15) is 0 Å². The van der Waals surface area contributed by atoms with E-state index in [1.54, 1.807) is 25.1 Å². The van der Waals surface area contributed by atoms with Crippen molar-refractivity contribution in [2.75, 3.05) is 6.54 Å². The van der Waals surface area contributed by atoms with Crippen molar-refractivity contribution in [1.82, 2.24) is 5.32 Å². The third kappa shape index (κ3) is 4.81. The Morgan fingerprint density at radius 3 is 2.72 bits per heavy atom. The van der Waals surface area contributed by atoms with Crippen molar-refractivity contribution in [2.45, 2.75) is 13.3 Å². The predicted molar refractivity (Wildman–Crippen MR) is 77.9 cm³/mol. The first-order valence-electron chi connectivity index (χ1n) is 5.35. The van der Waals surface area contributed by atoms with Crippen molar-refractivity contribution in [3.8, 4) is 0 Å². The minimum atomic E-state index is -0.867. The summed E-state index contributed by atoms with van der Waals surface area (Å²) in [7, 11) is 0. The first-order chi connectivity index (χ1) is 8.40. The molecule has 0 aliphatic rings.